The van der Waals surface area contributed by atoms with Gasteiger partial charge in [-0.25, -0.2) is 9.97 Å². The van der Waals surface area contributed by atoms with Crippen molar-refractivity contribution in [3.05, 3.63) is 23.7 Å². The number of pyridine rings is 1. The maximum atomic E-state index is 12.7. The van der Waals surface area contributed by atoms with E-state index in [0.717, 1.165) is 4.57 Å². The lowest BCUT2D eigenvalue weighted by Gasteiger charge is -2.06. The highest BCUT2D eigenvalue weighted by Gasteiger charge is 2.37. The summed E-state index contributed by atoms with van der Waals surface area (Å²) in [6.07, 6.45) is -3.15. The molecule has 0 saturated carbocycles. The molecule has 17 heavy (non-hydrogen) atoms. The summed E-state index contributed by atoms with van der Waals surface area (Å²) in [5.41, 5.74) is 0.935. The van der Waals surface area contributed by atoms with Gasteiger partial charge >= 0.3 is 6.18 Å². The van der Waals surface area contributed by atoms with E-state index < -0.39 is 18.5 Å². The predicted octanol–water partition coefficient (Wildman–Crippen LogP) is 2.28. The number of aryl methyl sites for hydroxylation is 1. The minimum Gasteiger partial charge on any atom is -0.291 e. The molecule has 4 nitrogen and oxygen atoms in total. The summed E-state index contributed by atoms with van der Waals surface area (Å²) in [4.78, 5) is 7.37. The lowest BCUT2D eigenvalue weighted by atomic mass is 10.3. The number of nitrogens with zero attached hydrogens (tertiary/aromatic N) is 4. The van der Waals surface area contributed by atoms with Gasteiger partial charge in [-0.1, -0.05) is 0 Å². The van der Waals surface area contributed by atoms with E-state index in [1.807, 2.05) is 0 Å². The average Bonchev–Trinajstić information content (AvgIpc) is 2.56. The van der Waals surface area contributed by atoms with Crippen LogP contribution < -0.4 is 0 Å². The first-order valence-corrected chi connectivity index (χ1v) is 4.70. The summed E-state index contributed by atoms with van der Waals surface area (Å²) in [6.45, 7) is 1.28. The summed E-state index contributed by atoms with van der Waals surface area (Å²) < 4.78 is 38.8. The Morgan fingerprint density at radius 2 is 2.18 bits per heavy atom. The molecule has 0 amide bonds. The van der Waals surface area contributed by atoms with Gasteiger partial charge in [-0.15, -0.1) is 0 Å². The van der Waals surface area contributed by atoms with Crippen LogP contribution in [0.3, 0.4) is 0 Å². The van der Waals surface area contributed by atoms with Crippen molar-refractivity contribution >= 4 is 11.2 Å². The van der Waals surface area contributed by atoms with Gasteiger partial charge in [0.1, 0.15) is 12.1 Å². The van der Waals surface area contributed by atoms with Crippen molar-refractivity contribution in [2.45, 2.75) is 19.6 Å². The van der Waals surface area contributed by atoms with Crippen LogP contribution in [-0.2, 0) is 12.7 Å². The molecule has 0 bridgehead atoms. The van der Waals surface area contributed by atoms with Gasteiger partial charge in [0.2, 0.25) is 5.82 Å². The van der Waals surface area contributed by atoms with Crippen molar-refractivity contribution in [3.8, 4) is 6.07 Å². The number of alkyl halides is 3. The number of hydrogen-bond acceptors (Lipinski definition) is 3. The molecule has 88 valence electrons. The molecule has 0 aliphatic rings. The zero-order valence-electron chi connectivity index (χ0n) is 8.78. The number of aromatic nitrogens is 3. The monoisotopic (exact) mass is 240 g/mol. The number of hydrogen-bond donors (Lipinski definition) is 0. The quantitative estimate of drug-likeness (QED) is 0.768. The van der Waals surface area contributed by atoms with Gasteiger partial charge in [-0.3, -0.25) is 4.57 Å². The second-order valence-electron chi connectivity index (χ2n) is 3.53. The zero-order chi connectivity index (χ0) is 12.6. The van der Waals surface area contributed by atoms with Crippen LogP contribution in [0.2, 0.25) is 0 Å². The molecule has 2 aromatic rings. The van der Waals surface area contributed by atoms with Crippen LogP contribution in [0.5, 0.6) is 0 Å². The molecule has 7 heteroatoms. The fourth-order valence-corrected chi connectivity index (χ4v) is 1.55. The third-order valence-electron chi connectivity index (χ3n) is 2.20. The van der Waals surface area contributed by atoms with Crippen molar-refractivity contribution in [1.82, 2.24) is 14.5 Å². The van der Waals surface area contributed by atoms with Gasteiger partial charge in [0.15, 0.2) is 5.65 Å². The minimum atomic E-state index is -4.59. The number of halogens is 3. The molecule has 0 aromatic carbocycles. The fraction of sp³-hybridized carbons (Fsp3) is 0.300. The Hall–Kier alpha value is -2.10. The number of rotatable bonds is 1. The van der Waals surface area contributed by atoms with E-state index in [1.54, 1.807) is 13.0 Å². The van der Waals surface area contributed by atoms with E-state index >= 15 is 0 Å². The zero-order valence-corrected chi connectivity index (χ0v) is 8.78. The summed E-state index contributed by atoms with van der Waals surface area (Å²) >= 11 is 0. The van der Waals surface area contributed by atoms with Crippen LogP contribution in [0.25, 0.3) is 11.2 Å². The van der Waals surface area contributed by atoms with Gasteiger partial charge in [0, 0.05) is 6.20 Å². The highest BCUT2D eigenvalue weighted by Crippen LogP contribution is 2.30. The molecule has 0 atom stereocenters. The Labute approximate surface area is 94.3 Å². The smallest absolute Gasteiger partial charge is 0.291 e. The van der Waals surface area contributed by atoms with Crippen LogP contribution >= 0.6 is 0 Å². The molecule has 0 spiro atoms. The van der Waals surface area contributed by atoms with Crippen molar-refractivity contribution in [2.75, 3.05) is 0 Å². The van der Waals surface area contributed by atoms with Crippen LogP contribution in [0, 0.1) is 18.3 Å². The van der Waals surface area contributed by atoms with E-state index in [4.69, 9.17) is 5.26 Å². The standard InChI is InChI=1S/C10H7F3N4/c1-6-4-7-8(15-5-6)17(3-2-14)9(16-7)10(11,12)13/h4-5H,3H2,1H3. The molecular weight excluding hydrogens is 233 g/mol. The molecule has 0 aliphatic heterocycles. The van der Waals surface area contributed by atoms with E-state index in [-0.39, 0.29) is 11.2 Å². The average molecular weight is 240 g/mol. The summed E-state index contributed by atoms with van der Waals surface area (Å²) in [6, 6.07) is 3.18. The van der Waals surface area contributed by atoms with Crippen LogP contribution in [0.15, 0.2) is 12.3 Å². The summed E-state index contributed by atoms with van der Waals surface area (Å²) in [5.74, 6) is -1.09. The van der Waals surface area contributed by atoms with Gasteiger partial charge < -0.3 is 0 Å². The first-order chi connectivity index (χ1) is 7.93. The third-order valence-corrected chi connectivity index (χ3v) is 2.20. The normalized spacial score (nSPS) is 11.7. The van der Waals surface area contributed by atoms with E-state index in [2.05, 4.69) is 9.97 Å². The van der Waals surface area contributed by atoms with Crippen molar-refractivity contribution in [1.29, 1.82) is 5.26 Å². The third kappa shape index (κ3) is 1.93. The van der Waals surface area contributed by atoms with Crippen LogP contribution in [0.4, 0.5) is 13.2 Å². The van der Waals surface area contributed by atoms with Crippen molar-refractivity contribution < 1.29 is 13.2 Å². The molecule has 0 saturated heterocycles. The van der Waals surface area contributed by atoms with E-state index in [1.165, 1.54) is 12.3 Å². The second-order valence-corrected chi connectivity index (χ2v) is 3.53. The maximum absolute atomic E-state index is 12.7. The molecule has 0 N–H and O–H groups in total. The second kappa shape index (κ2) is 3.73. The highest BCUT2D eigenvalue weighted by atomic mass is 19.4. The van der Waals surface area contributed by atoms with Crippen molar-refractivity contribution in [3.63, 3.8) is 0 Å². The molecule has 0 radical (unpaired) electrons. The molecular formula is C10H7F3N4. The number of imidazole rings is 1. The molecule has 2 rings (SSSR count). The Morgan fingerprint density at radius 3 is 2.76 bits per heavy atom. The Kier molecular flexibility index (Phi) is 2.50. The molecule has 0 unspecified atom stereocenters. The van der Waals surface area contributed by atoms with Gasteiger partial charge in [0.05, 0.1) is 6.07 Å². The minimum absolute atomic E-state index is 0.0736. The molecule has 0 fully saturated rings. The Balaban J connectivity index is 2.75. The van der Waals surface area contributed by atoms with Gasteiger partial charge in [0.25, 0.3) is 0 Å². The first-order valence-electron chi connectivity index (χ1n) is 4.70. The summed E-state index contributed by atoms with van der Waals surface area (Å²) in [5, 5.41) is 8.55. The van der Waals surface area contributed by atoms with Crippen molar-refractivity contribution in [2.24, 2.45) is 0 Å². The van der Waals surface area contributed by atoms with Crippen LogP contribution in [-0.4, -0.2) is 14.5 Å². The SMILES string of the molecule is Cc1cnc2c(c1)nc(C(F)(F)F)n2CC#N. The van der Waals surface area contributed by atoms with E-state index in [9.17, 15) is 13.2 Å². The topological polar surface area (TPSA) is 54.5 Å². The lowest BCUT2D eigenvalue weighted by Crippen LogP contribution is -2.14. The largest absolute Gasteiger partial charge is 0.449 e. The van der Waals surface area contributed by atoms with Gasteiger partial charge in [-0.05, 0) is 18.6 Å². The lowest BCUT2D eigenvalue weighted by molar-refractivity contribution is -0.146. The molecule has 2 heterocycles. The highest BCUT2D eigenvalue weighted by molar-refractivity contribution is 5.72. The van der Waals surface area contributed by atoms with Gasteiger partial charge in [-0.2, -0.15) is 18.4 Å². The maximum Gasteiger partial charge on any atom is 0.449 e. The first kappa shape index (κ1) is 11.4. The molecule has 0 aliphatic carbocycles. The fourth-order valence-electron chi connectivity index (χ4n) is 1.55. The summed E-state index contributed by atoms with van der Waals surface area (Å²) in [7, 11) is 0. The Morgan fingerprint density at radius 1 is 1.47 bits per heavy atom. The Bertz CT molecular complexity index is 606. The van der Waals surface area contributed by atoms with Crippen LogP contribution in [0.1, 0.15) is 11.4 Å². The number of fused-ring (bicyclic) bond motifs is 1. The number of nitriles is 1. The van der Waals surface area contributed by atoms with E-state index in [0.29, 0.717) is 5.56 Å². The molecule has 2 aromatic heterocycles. The predicted molar refractivity (Wildman–Crippen MR) is 52.9 cm³/mol.